The number of anilines is 1. The van der Waals surface area contributed by atoms with Crippen molar-refractivity contribution >= 4 is 17.2 Å². The Balaban J connectivity index is 2.48. The molecule has 2 aromatic rings. The zero-order chi connectivity index (χ0) is 8.39. The lowest BCUT2D eigenvalue weighted by molar-refractivity contribution is 1.34. The van der Waals surface area contributed by atoms with Crippen LogP contribution in [0.1, 0.15) is 0 Å². The fourth-order valence-electron chi connectivity index (χ4n) is 0.930. The largest absolute Gasteiger partial charge is 0.399 e. The lowest BCUT2D eigenvalue weighted by atomic mass is 10.3. The lowest BCUT2D eigenvalue weighted by Crippen LogP contribution is -1.86. The Morgan fingerprint density at radius 3 is 2.83 bits per heavy atom. The molecule has 0 aliphatic carbocycles. The van der Waals surface area contributed by atoms with Gasteiger partial charge in [0.25, 0.3) is 0 Å². The molecule has 3 nitrogen and oxygen atoms in total. The molecule has 0 aliphatic heterocycles. The number of aromatic nitrogens is 2. The van der Waals surface area contributed by atoms with Gasteiger partial charge in [0.1, 0.15) is 0 Å². The zero-order valence-corrected chi connectivity index (χ0v) is 7.08. The summed E-state index contributed by atoms with van der Waals surface area (Å²) in [4.78, 5) is 5.22. The van der Waals surface area contributed by atoms with E-state index in [0.717, 1.165) is 16.3 Å². The first-order valence-electron chi connectivity index (χ1n) is 3.49. The van der Waals surface area contributed by atoms with Crippen LogP contribution < -0.4 is 5.73 Å². The molecule has 0 aliphatic rings. The summed E-state index contributed by atoms with van der Waals surface area (Å²) in [7, 11) is 0. The van der Waals surface area contributed by atoms with Crippen LogP contribution in [0.15, 0.2) is 30.6 Å². The van der Waals surface area contributed by atoms with E-state index in [1.54, 1.807) is 18.5 Å². The molecule has 0 spiro atoms. The second kappa shape index (κ2) is 2.91. The summed E-state index contributed by atoms with van der Waals surface area (Å²) in [5.41, 5.74) is 7.23. The third kappa shape index (κ3) is 1.29. The van der Waals surface area contributed by atoms with Gasteiger partial charge in [-0.15, -0.1) is 0 Å². The van der Waals surface area contributed by atoms with E-state index in [2.05, 4.69) is 9.36 Å². The van der Waals surface area contributed by atoms with E-state index in [9.17, 15) is 0 Å². The Kier molecular flexibility index (Phi) is 1.75. The molecule has 2 N–H and O–H groups in total. The first-order valence-corrected chi connectivity index (χ1v) is 4.26. The number of rotatable bonds is 1. The highest BCUT2D eigenvalue weighted by Crippen LogP contribution is 2.21. The molecular weight excluding hydrogens is 170 g/mol. The maximum atomic E-state index is 5.61. The Labute approximate surface area is 74.0 Å². The maximum Gasteiger partial charge on any atom is 0.0838 e. The molecule has 60 valence electrons. The Morgan fingerprint density at radius 2 is 2.17 bits per heavy atom. The molecule has 4 heteroatoms. The van der Waals surface area contributed by atoms with Crippen molar-refractivity contribution in [1.29, 1.82) is 0 Å². The normalized spacial score (nSPS) is 10.0. The predicted molar refractivity (Wildman–Crippen MR) is 49.8 cm³/mol. The molecule has 0 fully saturated rings. The van der Waals surface area contributed by atoms with E-state index in [-0.39, 0.29) is 0 Å². The van der Waals surface area contributed by atoms with Gasteiger partial charge in [-0.05, 0) is 29.7 Å². The summed E-state index contributed by atoms with van der Waals surface area (Å²) in [6.07, 6.45) is 3.45. The Morgan fingerprint density at radius 1 is 1.25 bits per heavy atom. The molecule has 2 aromatic heterocycles. The summed E-state index contributed by atoms with van der Waals surface area (Å²) < 4.78 is 3.99. The van der Waals surface area contributed by atoms with E-state index >= 15 is 0 Å². The van der Waals surface area contributed by atoms with Crippen LogP contribution in [-0.2, 0) is 0 Å². The van der Waals surface area contributed by atoms with Crippen molar-refractivity contribution in [2.75, 3.05) is 5.73 Å². The summed E-state index contributed by atoms with van der Waals surface area (Å²) in [5.74, 6) is 0. The number of nitrogen functional groups attached to an aromatic ring is 1. The van der Waals surface area contributed by atoms with E-state index in [4.69, 9.17) is 5.73 Å². The molecule has 2 heterocycles. The smallest absolute Gasteiger partial charge is 0.0838 e. The van der Waals surface area contributed by atoms with Crippen molar-refractivity contribution in [2.24, 2.45) is 0 Å². The van der Waals surface area contributed by atoms with Gasteiger partial charge in [0.2, 0.25) is 0 Å². The van der Waals surface area contributed by atoms with Crippen LogP contribution in [0.5, 0.6) is 0 Å². The van der Waals surface area contributed by atoms with Crippen LogP contribution in [0.25, 0.3) is 10.6 Å². The van der Waals surface area contributed by atoms with Crippen LogP contribution >= 0.6 is 11.5 Å². The Hall–Kier alpha value is -1.42. The first-order chi connectivity index (χ1) is 5.86. The minimum atomic E-state index is 0.730. The highest BCUT2D eigenvalue weighted by Gasteiger charge is 1.99. The molecule has 0 saturated heterocycles. The van der Waals surface area contributed by atoms with Gasteiger partial charge in [0, 0.05) is 18.1 Å². The number of hydrogen-bond donors (Lipinski definition) is 1. The van der Waals surface area contributed by atoms with Gasteiger partial charge in [0.05, 0.1) is 10.6 Å². The molecule has 0 unspecified atom stereocenters. The number of nitrogens with two attached hydrogens (primary N) is 1. The van der Waals surface area contributed by atoms with Crippen LogP contribution in [0.2, 0.25) is 0 Å². The van der Waals surface area contributed by atoms with Gasteiger partial charge < -0.3 is 5.73 Å². The maximum absolute atomic E-state index is 5.61. The van der Waals surface area contributed by atoms with Gasteiger partial charge in [-0.3, -0.25) is 4.98 Å². The van der Waals surface area contributed by atoms with Crippen molar-refractivity contribution < 1.29 is 0 Å². The van der Waals surface area contributed by atoms with E-state index in [0.29, 0.717) is 0 Å². The first kappa shape index (κ1) is 7.24. The molecule has 0 atom stereocenters. The lowest BCUT2D eigenvalue weighted by Gasteiger charge is -1.95. The zero-order valence-electron chi connectivity index (χ0n) is 6.27. The molecule has 0 amide bonds. The Bertz CT molecular complexity index is 370. The average molecular weight is 177 g/mol. The van der Waals surface area contributed by atoms with E-state index < -0.39 is 0 Å². The molecule has 0 saturated carbocycles. The quantitative estimate of drug-likeness (QED) is 0.722. The molecular formula is C8H7N3S. The number of nitrogens with zero attached hydrogens (tertiary/aromatic N) is 2. The average Bonchev–Trinajstić information content (AvgIpc) is 2.56. The van der Waals surface area contributed by atoms with Crippen molar-refractivity contribution in [3.63, 3.8) is 0 Å². The fourth-order valence-corrected chi connectivity index (χ4v) is 1.49. The topological polar surface area (TPSA) is 51.8 Å². The van der Waals surface area contributed by atoms with Gasteiger partial charge in [0.15, 0.2) is 0 Å². The molecule has 2 rings (SSSR count). The molecule has 12 heavy (non-hydrogen) atoms. The number of hydrogen-bond acceptors (Lipinski definition) is 4. The SMILES string of the molecule is Nc1ccnc(-c2ccns2)c1. The monoisotopic (exact) mass is 177 g/mol. The van der Waals surface area contributed by atoms with E-state index in [1.165, 1.54) is 11.5 Å². The van der Waals surface area contributed by atoms with E-state index in [1.807, 2.05) is 12.1 Å². The molecule has 0 radical (unpaired) electrons. The second-order valence-electron chi connectivity index (χ2n) is 2.35. The highest BCUT2D eigenvalue weighted by molar-refractivity contribution is 7.09. The summed E-state index contributed by atoms with van der Waals surface area (Å²) >= 11 is 1.42. The summed E-state index contributed by atoms with van der Waals surface area (Å²) in [6.45, 7) is 0. The minimum Gasteiger partial charge on any atom is -0.399 e. The fraction of sp³-hybridized carbons (Fsp3) is 0. The molecule has 0 aromatic carbocycles. The van der Waals surface area contributed by atoms with Gasteiger partial charge in [-0.2, -0.15) is 0 Å². The van der Waals surface area contributed by atoms with Gasteiger partial charge in [-0.1, -0.05) is 0 Å². The van der Waals surface area contributed by atoms with Crippen molar-refractivity contribution in [3.05, 3.63) is 30.6 Å². The summed E-state index contributed by atoms with van der Waals surface area (Å²) in [5, 5.41) is 0. The highest BCUT2D eigenvalue weighted by atomic mass is 32.1. The van der Waals surface area contributed by atoms with Crippen LogP contribution in [0, 0.1) is 0 Å². The standard InChI is InChI=1S/C8H7N3S/c9-6-1-3-10-7(5-6)8-2-4-11-12-8/h1-5H,(H2,9,10). The third-order valence-corrected chi connectivity index (χ3v) is 2.24. The predicted octanol–water partition coefficient (Wildman–Crippen LogP) is 1.79. The van der Waals surface area contributed by atoms with Crippen LogP contribution in [0.4, 0.5) is 5.69 Å². The minimum absolute atomic E-state index is 0.730. The van der Waals surface area contributed by atoms with Gasteiger partial charge in [-0.25, -0.2) is 4.37 Å². The second-order valence-corrected chi connectivity index (χ2v) is 3.18. The molecule has 0 bridgehead atoms. The van der Waals surface area contributed by atoms with Crippen LogP contribution in [-0.4, -0.2) is 9.36 Å². The third-order valence-electron chi connectivity index (χ3n) is 1.47. The van der Waals surface area contributed by atoms with Gasteiger partial charge >= 0.3 is 0 Å². The van der Waals surface area contributed by atoms with Crippen molar-refractivity contribution in [1.82, 2.24) is 9.36 Å². The number of pyridine rings is 1. The van der Waals surface area contributed by atoms with Crippen molar-refractivity contribution in [3.8, 4) is 10.6 Å². The van der Waals surface area contributed by atoms with Crippen molar-refractivity contribution in [2.45, 2.75) is 0 Å². The van der Waals surface area contributed by atoms with Crippen LogP contribution in [0.3, 0.4) is 0 Å². The summed E-state index contributed by atoms with van der Waals surface area (Å²) in [6, 6.07) is 5.53.